The Morgan fingerprint density at radius 3 is 2.52 bits per heavy atom. The number of aromatic nitrogens is 2. The van der Waals surface area contributed by atoms with E-state index in [0.717, 1.165) is 5.56 Å². The molecule has 0 aliphatic carbocycles. The van der Waals surface area contributed by atoms with E-state index < -0.39 is 10.0 Å². The Kier molecular flexibility index (Phi) is 4.86. The predicted octanol–water partition coefficient (Wildman–Crippen LogP) is 4.57. The van der Waals surface area contributed by atoms with E-state index in [-0.39, 0.29) is 15.6 Å². The second-order valence-corrected chi connectivity index (χ2v) is 8.29. The molecule has 0 radical (unpaired) electrons. The third kappa shape index (κ3) is 3.86. The highest BCUT2D eigenvalue weighted by atomic mass is 79.9. The normalized spacial score (nSPS) is 11.5. The van der Waals surface area contributed by atoms with E-state index in [2.05, 4.69) is 30.8 Å². The third-order valence-electron chi connectivity index (χ3n) is 3.36. The lowest BCUT2D eigenvalue weighted by Gasteiger charge is -2.12. The lowest BCUT2D eigenvalue weighted by atomic mass is 10.2. The number of benzene rings is 2. The second-order valence-electron chi connectivity index (χ2n) is 5.38. The molecule has 0 saturated carbocycles. The summed E-state index contributed by atoms with van der Waals surface area (Å²) in [5.41, 5.74) is 1.81. The molecule has 0 aliphatic heterocycles. The van der Waals surface area contributed by atoms with Gasteiger partial charge in [-0.3, -0.25) is 4.72 Å². The Morgan fingerprint density at radius 2 is 1.92 bits per heavy atom. The summed E-state index contributed by atoms with van der Waals surface area (Å²) >= 11 is 9.50. The first kappa shape index (κ1) is 17.9. The second kappa shape index (κ2) is 6.78. The average molecular weight is 443 g/mol. The van der Waals surface area contributed by atoms with Gasteiger partial charge >= 0.3 is 0 Å². The molecule has 25 heavy (non-hydrogen) atoms. The average Bonchev–Trinajstić information content (AvgIpc) is 2.95. The van der Waals surface area contributed by atoms with Crippen LogP contribution in [-0.4, -0.2) is 18.6 Å². The van der Waals surface area contributed by atoms with Gasteiger partial charge in [-0.2, -0.15) is 4.98 Å². The third-order valence-corrected chi connectivity index (χ3v) is 6.02. The van der Waals surface area contributed by atoms with Gasteiger partial charge in [0.05, 0.1) is 10.7 Å². The molecule has 130 valence electrons. The van der Waals surface area contributed by atoms with Crippen molar-refractivity contribution >= 4 is 43.2 Å². The summed E-state index contributed by atoms with van der Waals surface area (Å²) in [7, 11) is -3.79. The van der Waals surface area contributed by atoms with E-state index >= 15 is 0 Å². The molecule has 0 amide bonds. The number of anilines is 1. The fourth-order valence-corrected chi connectivity index (χ4v) is 4.73. The number of aryl methyl sites for hydroxylation is 2. The number of sulfonamides is 1. The monoisotopic (exact) mass is 441 g/mol. The first-order chi connectivity index (χ1) is 11.8. The minimum absolute atomic E-state index is 0.130. The molecule has 3 rings (SSSR count). The van der Waals surface area contributed by atoms with Crippen LogP contribution >= 0.6 is 27.5 Å². The largest absolute Gasteiger partial charge is 0.334 e. The molecule has 1 N–H and O–H groups in total. The van der Waals surface area contributed by atoms with Crippen LogP contribution in [0.5, 0.6) is 0 Å². The molecule has 0 unspecified atom stereocenters. The van der Waals surface area contributed by atoms with Crippen molar-refractivity contribution in [3.05, 3.63) is 57.3 Å². The van der Waals surface area contributed by atoms with Crippen molar-refractivity contribution in [3.8, 4) is 11.5 Å². The standard InChI is InChI=1S/C16H13BrClN3O3S/c1-9-3-6-15(12(17)7-9)25(22,23)21-14-5-4-11(8-13(14)18)16-19-10(2)20-24-16/h3-8,21H,1-2H3. The predicted molar refractivity (Wildman–Crippen MR) is 99.2 cm³/mol. The molecule has 0 bridgehead atoms. The quantitative estimate of drug-likeness (QED) is 0.640. The summed E-state index contributed by atoms with van der Waals surface area (Å²) in [6.45, 7) is 3.58. The number of nitrogens with one attached hydrogen (secondary N) is 1. The van der Waals surface area contributed by atoms with Crippen molar-refractivity contribution in [1.82, 2.24) is 10.1 Å². The van der Waals surface area contributed by atoms with Crippen LogP contribution in [0.2, 0.25) is 5.02 Å². The van der Waals surface area contributed by atoms with E-state index in [9.17, 15) is 8.42 Å². The topological polar surface area (TPSA) is 85.1 Å². The van der Waals surface area contributed by atoms with Gasteiger partial charge in [-0.1, -0.05) is 22.8 Å². The summed E-state index contributed by atoms with van der Waals surface area (Å²) < 4.78 is 33.3. The van der Waals surface area contributed by atoms with Crippen molar-refractivity contribution in [2.75, 3.05) is 4.72 Å². The number of hydrogen-bond acceptors (Lipinski definition) is 5. The van der Waals surface area contributed by atoms with Crippen LogP contribution in [0.3, 0.4) is 0 Å². The van der Waals surface area contributed by atoms with E-state index in [1.54, 1.807) is 37.3 Å². The Labute approximate surface area is 158 Å². The van der Waals surface area contributed by atoms with Gasteiger partial charge in [0.15, 0.2) is 5.82 Å². The van der Waals surface area contributed by atoms with Crippen molar-refractivity contribution in [1.29, 1.82) is 0 Å². The van der Waals surface area contributed by atoms with Crippen molar-refractivity contribution in [3.63, 3.8) is 0 Å². The smallest absolute Gasteiger partial charge is 0.263 e. The van der Waals surface area contributed by atoms with E-state index in [0.29, 0.717) is 21.8 Å². The van der Waals surface area contributed by atoms with E-state index in [4.69, 9.17) is 16.1 Å². The molecular weight excluding hydrogens is 430 g/mol. The zero-order valence-corrected chi connectivity index (χ0v) is 16.4. The first-order valence-corrected chi connectivity index (χ1v) is 9.81. The molecule has 9 heteroatoms. The molecule has 0 atom stereocenters. The van der Waals surface area contributed by atoms with Gasteiger partial charge in [0.1, 0.15) is 4.90 Å². The van der Waals surface area contributed by atoms with Crippen LogP contribution < -0.4 is 4.72 Å². The zero-order chi connectivity index (χ0) is 18.2. The summed E-state index contributed by atoms with van der Waals surface area (Å²) in [6.07, 6.45) is 0. The van der Waals surface area contributed by atoms with Gasteiger partial charge in [-0.25, -0.2) is 8.42 Å². The molecule has 0 aliphatic rings. The molecule has 3 aromatic rings. The molecule has 0 spiro atoms. The maximum Gasteiger partial charge on any atom is 0.263 e. The van der Waals surface area contributed by atoms with Gasteiger partial charge in [-0.15, -0.1) is 0 Å². The summed E-state index contributed by atoms with van der Waals surface area (Å²) in [5, 5.41) is 3.94. The maximum atomic E-state index is 12.6. The van der Waals surface area contributed by atoms with Crippen molar-refractivity contribution < 1.29 is 12.9 Å². The molecule has 1 aromatic heterocycles. The van der Waals surface area contributed by atoms with Crippen LogP contribution in [0, 0.1) is 13.8 Å². The summed E-state index contributed by atoms with van der Waals surface area (Å²) in [6, 6.07) is 9.76. The SMILES string of the molecule is Cc1ccc(S(=O)(=O)Nc2ccc(-c3nc(C)no3)cc2Cl)c(Br)c1. The minimum Gasteiger partial charge on any atom is -0.334 e. The molecule has 0 fully saturated rings. The number of nitrogens with zero attached hydrogens (tertiary/aromatic N) is 2. The fourth-order valence-electron chi connectivity index (χ4n) is 2.17. The maximum absolute atomic E-state index is 12.6. The fraction of sp³-hybridized carbons (Fsp3) is 0.125. The Morgan fingerprint density at radius 1 is 1.16 bits per heavy atom. The summed E-state index contributed by atoms with van der Waals surface area (Å²) in [5.74, 6) is 0.815. The molecule has 1 heterocycles. The number of halogens is 2. The van der Waals surface area contributed by atoms with Crippen LogP contribution in [-0.2, 0) is 10.0 Å². The highest BCUT2D eigenvalue weighted by Crippen LogP contribution is 2.31. The Balaban J connectivity index is 1.92. The lowest BCUT2D eigenvalue weighted by Crippen LogP contribution is -2.14. The minimum atomic E-state index is -3.79. The molecule has 0 saturated heterocycles. The Bertz CT molecular complexity index is 1050. The molecule has 6 nitrogen and oxygen atoms in total. The van der Waals surface area contributed by atoms with Gasteiger partial charge in [0, 0.05) is 10.0 Å². The van der Waals surface area contributed by atoms with Crippen LogP contribution in [0.15, 0.2) is 50.3 Å². The molecule has 2 aromatic carbocycles. The van der Waals surface area contributed by atoms with E-state index in [1.165, 1.54) is 6.07 Å². The van der Waals surface area contributed by atoms with Crippen LogP contribution in [0.25, 0.3) is 11.5 Å². The van der Waals surface area contributed by atoms with Gasteiger partial charge < -0.3 is 4.52 Å². The highest BCUT2D eigenvalue weighted by Gasteiger charge is 2.19. The number of rotatable bonds is 4. The van der Waals surface area contributed by atoms with Crippen molar-refractivity contribution in [2.45, 2.75) is 18.7 Å². The van der Waals surface area contributed by atoms with Crippen LogP contribution in [0.1, 0.15) is 11.4 Å². The first-order valence-electron chi connectivity index (χ1n) is 7.15. The van der Waals surface area contributed by atoms with Crippen molar-refractivity contribution in [2.24, 2.45) is 0 Å². The lowest BCUT2D eigenvalue weighted by molar-refractivity contribution is 0.425. The van der Waals surface area contributed by atoms with Gasteiger partial charge in [0.2, 0.25) is 0 Å². The zero-order valence-electron chi connectivity index (χ0n) is 13.2. The summed E-state index contributed by atoms with van der Waals surface area (Å²) in [4.78, 5) is 4.24. The van der Waals surface area contributed by atoms with Crippen LogP contribution in [0.4, 0.5) is 5.69 Å². The van der Waals surface area contributed by atoms with Gasteiger partial charge in [0.25, 0.3) is 15.9 Å². The highest BCUT2D eigenvalue weighted by molar-refractivity contribution is 9.10. The van der Waals surface area contributed by atoms with Gasteiger partial charge in [-0.05, 0) is 65.7 Å². The molecular formula is C16H13BrClN3O3S. The Hall–Kier alpha value is -1.90. The number of hydrogen-bond donors (Lipinski definition) is 1. The van der Waals surface area contributed by atoms with E-state index in [1.807, 2.05) is 6.92 Å².